The van der Waals surface area contributed by atoms with E-state index in [0.717, 1.165) is 0 Å². The number of hydrogen-bond donors (Lipinski definition) is 3. The highest BCUT2D eigenvalue weighted by molar-refractivity contribution is 7.89. The fourth-order valence-electron chi connectivity index (χ4n) is 1.45. The van der Waals surface area contributed by atoms with Crippen LogP contribution >= 0.6 is 0 Å². The summed E-state index contributed by atoms with van der Waals surface area (Å²) in [5.41, 5.74) is 5.91. The quantitative estimate of drug-likeness (QED) is 0.381. The first-order chi connectivity index (χ1) is 8.85. The molecule has 0 saturated carbocycles. The van der Waals surface area contributed by atoms with E-state index in [-0.39, 0.29) is 23.7 Å². The minimum Gasteiger partial charge on any atom is -0.393 e. The summed E-state index contributed by atoms with van der Waals surface area (Å²) in [6, 6.07) is 4.16. The van der Waals surface area contributed by atoms with Crippen molar-refractivity contribution in [2.24, 2.45) is 0 Å². The maximum absolute atomic E-state index is 11.4. The monoisotopic (exact) mass is 288 g/mol. The van der Waals surface area contributed by atoms with Crippen molar-refractivity contribution < 1.29 is 13.3 Å². The van der Waals surface area contributed by atoms with E-state index >= 15 is 0 Å². The Morgan fingerprint density at radius 1 is 1.42 bits per heavy atom. The Labute approximate surface area is 111 Å². The van der Waals surface area contributed by atoms with Crippen LogP contribution in [0.2, 0.25) is 0 Å². The van der Waals surface area contributed by atoms with Crippen LogP contribution in [0.3, 0.4) is 0 Å². The molecule has 9 heteroatoms. The first kappa shape index (κ1) is 15.2. The Kier molecular flexibility index (Phi) is 5.07. The Morgan fingerprint density at radius 3 is 2.63 bits per heavy atom. The summed E-state index contributed by atoms with van der Waals surface area (Å²) < 4.78 is 25.1. The normalized spacial score (nSPS) is 11.2. The molecule has 0 heterocycles. The number of nitrogens with two attached hydrogens (primary N) is 1. The average Bonchev–Trinajstić information content (AvgIpc) is 2.28. The maximum atomic E-state index is 11.4. The van der Waals surface area contributed by atoms with Gasteiger partial charge in [-0.15, -0.1) is 0 Å². The van der Waals surface area contributed by atoms with E-state index in [9.17, 15) is 18.5 Å². The predicted octanol–water partition coefficient (Wildman–Crippen LogP) is 0.528. The standard InChI is InChI=1S/C10H16N4O4S/c1-2-13-19(17,18)6-5-12-8-3-4-10(14(15)16)9(11)7-8/h3-4,7,12-13H,2,5-6,11H2,1H3. The minimum atomic E-state index is -3.29. The zero-order chi connectivity index (χ0) is 14.5. The molecule has 0 saturated heterocycles. The van der Waals surface area contributed by atoms with Gasteiger partial charge in [-0.05, 0) is 12.1 Å². The van der Waals surface area contributed by atoms with Crippen LogP contribution in [0.1, 0.15) is 6.92 Å². The second kappa shape index (κ2) is 6.34. The summed E-state index contributed by atoms with van der Waals surface area (Å²) in [5.74, 6) is -0.0856. The molecule has 19 heavy (non-hydrogen) atoms. The molecule has 106 valence electrons. The molecule has 0 bridgehead atoms. The summed E-state index contributed by atoms with van der Waals surface area (Å²) in [4.78, 5) is 9.99. The Morgan fingerprint density at radius 2 is 2.11 bits per heavy atom. The van der Waals surface area contributed by atoms with Gasteiger partial charge in [-0.25, -0.2) is 13.1 Å². The summed E-state index contributed by atoms with van der Waals surface area (Å²) >= 11 is 0. The molecular weight excluding hydrogens is 272 g/mol. The fourth-order valence-corrected chi connectivity index (χ4v) is 2.41. The van der Waals surface area contributed by atoms with E-state index in [1.807, 2.05) is 0 Å². The van der Waals surface area contributed by atoms with Crippen molar-refractivity contribution in [2.75, 3.05) is 29.9 Å². The molecule has 0 spiro atoms. The lowest BCUT2D eigenvalue weighted by Gasteiger charge is -2.08. The molecule has 1 aromatic rings. The molecule has 0 amide bonds. The number of nitrogens with one attached hydrogen (secondary N) is 2. The number of nitrogens with zero attached hydrogens (tertiary/aromatic N) is 1. The minimum absolute atomic E-state index is 0.0320. The molecule has 0 aliphatic carbocycles. The van der Waals surface area contributed by atoms with Crippen molar-refractivity contribution in [3.63, 3.8) is 0 Å². The predicted molar refractivity (Wildman–Crippen MR) is 73.5 cm³/mol. The molecule has 0 unspecified atom stereocenters. The molecule has 1 rings (SSSR count). The van der Waals surface area contributed by atoms with E-state index in [2.05, 4.69) is 10.0 Å². The van der Waals surface area contributed by atoms with Gasteiger partial charge in [0.05, 0.1) is 10.7 Å². The Bertz CT molecular complexity index is 559. The van der Waals surface area contributed by atoms with Crippen molar-refractivity contribution in [3.8, 4) is 0 Å². The SMILES string of the molecule is CCNS(=O)(=O)CCNc1ccc([N+](=O)[O-])c(N)c1. The number of nitro groups is 1. The van der Waals surface area contributed by atoms with Crippen molar-refractivity contribution in [2.45, 2.75) is 6.92 Å². The number of hydrogen-bond acceptors (Lipinski definition) is 6. The number of rotatable bonds is 7. The van der Waals surface area contributed by atoms with Crippen LogP contribution in [0, 0.1) is 10.1 Å². The van der Waals surface area contributed by atoms with Gasteiger partial charge in [0.25, 0.3) is 5.69 Å². The molecule has 8 nitrogen and oxygen atoms in total. The molecule has 0 aliphatic heterocycles. The van der Waals surface area contributed by atoms with Gasteiger partial charge in [0.15, 0.2) is 0 Å². The summed E-state index contributed by atoms with van der Waals surface area (Å²) in [6.45, 7) is 2.22. The van der Waals surface area contributed by atoms with E-state index < -0.39 is 14.9 Å². The molecule has 0 aromatic heterocycles. The smallest absolute Gasteiger partial charge is 0.292 e. The highest BCUT2D eigenvalue weighted by Gasteiger charge is 2.12. The van der Waals surface area contributed by atoms with Crippen molar-refractivity contribution in [3.05, 3.63) is 28.3 Å². The van der Waals surface area contributed by atoms with Gasteiger partial charge in [-0.3, -0.25) is 10.1 Å². The third kappa shape index (κ3) is 4.72. The van der Waals surface area contributed by atoms with Crippen molar-refractivity contribution in [1.82, 2.24) is 4.72 Å². The van der Waals surface area contributed by atoms with E-state index in [1.165, 1.54) is 18.2 Å². The topological polar surface area (TPSA) is 127 Å². The maximum Gasteiger partial charge on any atom is 0.292 e. The van der Waals surface area contributed by atoms with E-state index in [0.29, 0.717) is 12.2 Å². The van der Waals surface area contributed by atoms with Crippen LogP contribution in [-0.2, 0) is 10.0 Å². The van der Waals surface area contributed by atoms with Gasteiger partial charge in [0, 0.05) is 24.8 Å². The lowest BCUT2D eigenvalue weighted by molar-refractivity contribution is -0.383. The Balaban J connectivity index is 2.60. The van der Waals surface area contributed by atoms with Crippen LogP contribution < -0.4 is 15.8 Å². The first-order valence-corrected chi connectivity index (χ1v) is 7.26. The van der Waals surface area contributed by atoms with Crippen LogP contribution in [0.5, 0.6) is 0 Å². The van der Waals surface area contributed by atoms with Crippen LogP contribution in [-0.4, -0.2) is 32.2 Å². The number of nitrogen functional groups attached to an aromatic ring is 1. The summed E-state index contributed by atoms with van der Waals surface area (Å²) in [6.07, 6.45) is 0. The highest BCUT2D eigenvalue weighted by Crippen LogP contribution is 2.24. The largest absolute Gasteiger partial charge is 0.393 e. The number of benzene rings is 1. The number of sulfonamides is 1. The lowest BCUT2D eigenvalue weighted by atomic mass is 10.2. The summed E-state index contributed by atoms with van der Waals surface area (Å²) in [7, 11) is -3.29. The van der Waals surface area contributed by atoms with Gasteiger partial charge >= 0.3 is 0 Å². The van der Waals surface area contributed by atoms with E-state index in [1.54, 1.807) is 6.92 Å². The molecule has 1 aromatic carbocycles. The van der Waals surface area contributed by atoms with Gasteiger partial charge < -0.3 is 11.1 Å². The number of nitro benzene ring substituents is 1. The lowest BCUT2D eigenvalue weighted by Crippen LogP contribution is -2.29. The van der Waals surface area contributed by atoms with Crippen LogP contribution in [0.15, 0.2) is 18.2 Å². The van der Waals surface area contributed by atoms with Gasteiger partial charge in [-0.2, -0.15) is 0 Å². The molecule has 0 radical (unpaired) electrons. The first-order valence-electron chi connectivity index (χ1n) is 5.61. The van der Waals surface area contributed by atoms with Crippen molar-refractivity contribution in [1.29, 1.82) is 0 Å². The molecule has 0 aliphatic rings. The van der Waals surface area contributed by atoms with E-state index in [4.69, 9.17) is 5.73 Å². The van der Waals surface area contributed by atoms with Gasteiger partial charge in [-0.1, -0.05) is 6.92 Å². The zero-order valence-corrected chi connectivity index (χ0v) is 11.2. The second-order valence-corrected chi connectivity index (χ2v) is 5.70. The molecule has 4 N–H and O–H groups in total. The highest BCUT2D eigenvalue weighted by atomic mass is 32.2. The van der Waals surface area contributed by atoms with Gasteiger partial charge in [0.2, 0.25) is 10.0 Å². The number of anilines is 2. The molecule has 0 fully saturated rings. The molecule has 0 atom stereocenters. The second-order valence-electron chi connectivity index (χ2n) is 3.77. The zero-order valence-electron chi connectivity index (χ0n) is 10.4. The average molecular weight is 288 g/mol. The van der Waals surface area contributed by atoms with Gasteiger partial charge in [0.1, 0.15) is 5.69 Å². The fraction of sp³-hybridized carbons (Fsp3) is 0.400. The third-order valence-electron chi connectivity index (χ3n) is 2.29. The molecular formula is C10H16N4O4S. The summed E-state index contributed by atoms with van der Waals surface area (Å²) in [5, 5.41) is 13.4. The third-order valence-corrected chi connectivity index (χ3v) is 3.76. The van der Waals surface area contributed by atoms with Crippen LogP contribution in [0.25, 0.3) is 0 Å². The van der Waals surface area contributed by atoms with Crippen molar-refractivity contribution >= 4 is 27.1 Å². The van der Waals surface area contributed by atoms with Crippen LogP contribution in [0.4, 0.5) is 17.1 Å². The Hall–Kier alpha value is -1.87.